The number of halogens is 2. The zero-order valence-electron chi connectivity index (χ0n) is 10.1. The number of nitrogens with one attached hydrogen (secondary N) is 1. The summed E-state index contributed by atoms with van der Waals surface area (Å²) < 4.78 is 62.1. The molecule has 0 fully saturated rings. The first-order valence-corrected chi connectivity index (χ1v) is 9.73. The van der Waals surface area contributed by atoms with Gasteiger partial charge in [0.1, 0.15) is 10.7 Å². The Bertz CT molecular complexity index is 658. The molecule has 1 N–H and O–H groups in total. The van der Waals surface area contributed by atoms with Crippen LogP contribution in [0.15, 0.2) is 28.0 Å². The van der Waals surface area contributed by atoms with Crippen LogP contribution in [0, 0.1) is 5.82 Å². The quantitative estimate of drug-likeness (QED) is 0.462. The molecule has 0 amide bonds. The van der Waals surface area contributed by atoms with Gasteiger partial charge in [0.25, 0.3) is 0 Å². The minimum Gasteiger partial charge on any atom is -0.224 e. The summed E-state index contributed by atoms with van der Waals surface area (Å²) in [5.41, 5.74) is 0. The number of alkyl halides is 1. The van der Waals surface area contributed by atoms with Crippen LogP contribution < -0.4 is 4.72 Å². The van der Waals surface area contributed by atoms with Crippen molar-refractivity contribution in [3.05, 3.63) is 24.0 Å². The molecule has 108 valence electrons. The van der Waals surface area contributed by atoms with Gasteiger partial charge >= 0.3 is 0 Å². The maximum Gasteiger partial charge on any atom is 0.243 e. The summed E-state index contributed by atoms with van der Waals surface area (Å²) in [6.07, 6.45) is 1.46. The molecule has 0 saturated heterocycles. The number of sulfonamides is 1. The Kier molecular flexibility index (Phi) is 5.48. The number of sulfone groups is 1. The summed E-state index contributed by atoms with van der Waals surface area (Å²) in [6, 6.07) is 2.68. The van der Waals surface area contributed by atoms with Crippen LogP contribution in [0.5, 0.6) is 0 Å². The van der Waals surface area contributed by atoms with Gasteiger partial charge in [-0.05, 0) is 24.6 Å². The Morgan fingerprint density at radius 3 is 2.42 bits per heavy atom. The van der Waals surface area contributed by atoms with Crippen molar-refractivity contribution in [3.63, 3.8) is 0 Å². The Hall–Kier alpha value is -0.510. The van der Waals surface area contributed by atoms with Crippen LogP contribution in [-0.2, 0) is 19.9 Å². The van der Waals surface area contributed by atoms with Gasteiger partial charge in [-0.2, -0.15) is 0 Å². The van der Waals surface area contributed by atoms with Gasteiger partial charge in [-0.1, -0.05) is 15.9 Å². The second-order valence-corrected chi connectivity index (χ2v) is 8.35. The second kappa shape index (κ2) is 6.29. The molecule has 1 aromatic rings. The van der Waals surface area contributed by atoms with Gasteiger partial charge in [0.05, 0.1) is 4.90 Å². The van der Waals surface area contributed by atoms with Gasteiger partial charge in [0.15, 0.2) is 9.84 Å². The number of hydrogen-bond donors (Lipinski definition) is 1. The summed E-state index contributed by atoms with van der Waals surface area (Å²) in [4.78, 5) is -0.903. The van der Waals surface area contributed by atoms with Crippen LogP contribution in [-0.4, -0.2) is 35.0 Å². The van der Waals surface area contributed by atoms with E-state index in [2.05, 4.69) is 20.7 Å². The highest BCUT2D eigenvalue weighted by atomic mass is 79.9. The van der Waals surface area contributed by atoms with Gasteiger partial charge in [0.2, 0.25) is 10.0 Å². The van der Waals surface area contributed by atoms with Crippen molar-refractivity contribution in [1.29, 1.82) is 0 Å². The average molecular weight is 374 g/mol. The fourth-order valence-corrected chi connectivity index (χ4v) is 3.45. The normalized spacial score (nSPS) is 12.6. The molecular weight excluding hydrogens is 361 g/mol. The SMILES string of the molecule is CS(=O)(=O)c1ccc(F)c(S(=O)(=O)NCCCBr)c1. The molecule has 0 unspecified atom stereocenters. The number of benzene rings is 1. The highest BCUT2D eigenvalue weighted by Gasteiger charge is 2.21. The van der Waals surface area contributed by atoms with Crippen molar-refractivity contribution < 1.29 is 21.2 Å². The van der Waals surface area contributed by atoms with Crippen LogP contribution >= 0.6 is 15.9 Å². The molecule has 0 aromatic heterocycles. The van der Waals surface area contributed by atoms with Crippen LogP contribution in [0.1, 0.15) is 6.42 Å². The molecular formula is C10H13BrFNO4S2. The van der Waals surface area contributed by atoms with Crippen molar-refractivity contribution in [2.45, 2.75) is 16.2 Å². The van der Waals surface area contributed by atoms with E-state index in [-0.39, 0.29) is 11.4 Å². The first-order chi connectivity index (χ1) is 8.68. The largest absolute Gasteiger partial charge is 0.243 e. The van der Waals surface area contributed by atoms with Crippen molar-refractivity contribution in [1.82, 2.24) is 4.72 Å². The van der Waals surface area contributed by atoms with Crippen LogP contribution in [0.25, 0.3) is 0 Å². The standard InChI is InChI=1S/C10H13BrFNO4S2/c1-18(14,15)8-3-4-9(12)10(7-8)19(16,17)13-6-2-5-11/h3-4,7,13H,2,5-6H2,1H3. The molecule has 0 radical (unpaired) electrons. The average Bonchev–Trinajstić information content (AvgIpc) is 2.27. The first kappa shape index (κ1) is 16.5. The topological polar surface area (TPSA) is 80.3 Å². The molecule has 9 heteroatoms. The minimum absolute atomic E-state index is 0.135. The fraction of sp³-hybridized carbons (Fsp3) is 0.400. The van der Waals surface area contributed by atoms with Crippen molar-refractivity contribution in [3.8, 4) is 0 Å². The Morgan fingerprint density at radius 2 is 1.89 bits per heavy atom. The van der Waals surface area contributed by atoms with Gasteiger partial charge in [-0.15, -0.1) is 0 Å². The highest BCUT2D eigenvalue weighted by molar-refractivity contribution is 9.09. The monoisotopic (exact) mass is 373 g/mol. The van der Waals surface area contributed by atoms with E-state index in [0.29, 0.717) is 11.8 Å². The maximum absolute atomic E-state index is 13.5. The zero-order chi connectivity index (χ0) is 14.7. The summed E-state index contributed by atoms with van der Waals surface area (Å²) in [6.45, 7) is 0.135. The third-order valence-corrected chi connectivity index (χ3v) is 5.37. The maximum atomic E-state index is 13.5. The summed E-state index contributed by atoms with van der Waals surface area (Å²) in [7, 11) is -7.65. The molecule has 1 rings (SSSR count). The van der Waals surface area contributed by atoms with Gasteiger partial charge in [-0.3, -0.25) is 0 Å². The molecule has 0 atom stereocenters. The lowest BCUT2D eigenvalue weighted by Gasteiger charge is -2.08. The van der Waals surface area contributed by atoms with E-state index in [1.807, 2.05) is 0 Å². The van der Waals surface area contributed by atoms with E-state index >= 15 is 0 Å². The number of rotatable bonds is 6. The van der Waals surface area contributed by atoms with Crippen molar-refractivity contribution in [2.24, 2.45) is 0 Å². The Labute approximate surface area is 120 Å². The lowest BCUT2D eigenvalue weighted by molar-refractivity contribution is 0.555. The van der Waals surface area contributed by atoms with E-state index in [1.165, 1.54) is 0 Å². The van der Waals surface area contributed by atoms with Crippen molar-refractivity contribution >= 4 is 35.8 Å². The van der Waals surface area contributed by atoms with Crippen LogP contribution in [0.4, 0.5) is 4.39 Å². The fourth-order valence-electron chi connectivity index (χ4n) is 1.27. The molecule has 0 saturated carbocycles. The Morgan fingerprint density at radius 1 is 1.26 bits per heavy atom. The van der Waals surface area contributed by atoms with Crippen molar-refractivity contribution in [2.75, 3.05) is 18.1 Å². The van der Waals surface area contributed by atoms with E-state index in [0.717, 1.165) is 24.5 Å². The van der Waals surface area contributed by atoms with Crippen LogP contribution in [0.3, 0.4) is 0 Å². The zero-order valence-corrected chi connectivity index (χ0v) is 13.3. The second-order valence-electron chi connectivity index (χ2n) is 3.80. The van der Waals surface area contributed by atoms with Gasteiger partial charge in [-0.25, -0.2) is 25.9 Å². The van der Waals surface area contributed by atoms with Gasteiger partial charge in [0, 0.05) is 18.1 Å². The summed E-state index contributed by atoms with van der Waals surface area (Å²) in [5.74, 6) is -0.987. The van der Waals surface area contributed by atoms with E-state index < -0.39 is 30.6 Å². The molecule has 0 bridgehead atoms. The molecule has 0 aliphatic heterocycles. The lowest BCUT2D eigenvalue weighted by atomic mass is 10.3. The predicted molar refractivity (Wildman–Crippen MR) is 73.1 cm³/mol. The third kappa shape index (κ3) is 4.51. The van der Waals surface area contributed by atoms with Gasteiger partial charge < -0.3 is 0 Å². The van der Waals surface area contributed by atoms with E-state index in [1.54, 1.807) is 0 Å². The first-order valence-electron chi connectivity index (χ1n) is 5.24. The lowest BCUT2D eigenvalue weighted by Crippen LogP contribution is -2.26. The molecule has 1 aromatic carbocycles. The number of hydrogen-bond acceptors (Lipinski definition) is 4. The summed E-state index contributed by atoms with van der Waals surface area (Å²) in [5, 5.41) is 0.599. The molecule has 0 aliphatic carbocycles. The minimum atomic E-state index is -4.06. The molecule has 19 heavy (non-hydrogen) atoms. The van der Waals surface area contributed by atoms with E-state index in [4.69, 9.17) is 0 Å². The highest BCUT2D eigenvalue weighted by Crippen LogP contribution is 2.19. The molecule has 0 aliphatic rings. The predicted octanol–water partition coefficient (Wildman–Crippen LogP) is 1.29. The summed E-state index contributed by atoms with van der Waals surface area (Å²) >= 11 is 3.14. The molecule has 0 spiro atoms. The smallest absolute Gasteiger partial charge is 0.224 e. The molecule has 5 nitrogen and oxygen atoms in total. The Balaban J connectivity index is 3.19. The van der Waals surface area contributed by atoms with E-state index in [9.17, 15) is 21.2 Å². The third-order valence-electron chi connectivity index (χ3n) is 2.22. The molecule has 0 heterocycles. The van der Waals surface area contributed by atoms with Crippen LogP contribution in [0.2, 0.25) is 0 Å².